The summed E-state index contributed by atoms with van der Waals surface area (Å²) in [6.07, 6.45) is 8.90. The van der Waals surface area contributed by atoms with E-state index < -0.39 is 0 Å². The molecule has 1 saturated carbocycles. The molecular formula is C11H16BrN3S. The van der Waals surface area contributed by atoms with Gasteiger partial charge in [-0.3, -0.25) is 0 Å². The van der Waals surface area contributed by atoms with E-state index in [0.29, 0.717) is 6.04 Å². The van der Waals surface area contributed by atoms with Crippen molar-refractivity contribution in [3.63, 3.8) is 0 Å². The summed E-state index contributed by atoms with van der Waals surface area (Å²) < 4.78 is 0.836. The van der Waals surface area contributed by atoms with Crippen LogP contribution in [0.15, 0.2) is 17.0 Å². The Bertz CT molecular complexity index is 340. The predicted octanol–water partition coefficient (Wildman–Crippen LogP) is 3.33. The first-order valence-corrected chi connectivity index (χ1v) is 7.63. The van der Waals surface area contributed by atoms with E-state index in [1.807, 2.05) is 17.8 Å². The normalized spacial score (nSPS) is 25.4. The van der Waals surface area contributed by atoms with Crippen molar-refractivity contribution >= 4 is 33.5 Å². The van der Waals surface area contributed by atoms with E-state index in [0.717, 1.165) is 15.7 Å². The van der Waals surface area contributed by atoms with Crippen molar-refractivity contribution in [2.45, 2.75) is 37.0 Å². The van der Waals surface area contributed by atoms with Crippen LogP contribution in [0, 0.1) is 0 Å². The molecule has 5 heteroatoms. The third-order valence-corrected chi connectivity index (χ3v) is 4.56. The fraction of sp³-hybridized carbons (Fsp3) is 0.636. The van der Waals surface area contributed by atoms with Crippen LogP contribution >= 0.6 is 27.7 Å². The summed E-state index contributed by atoms with van der Waals surface area (Å²) in [7, 11) is 0. The van der Waals surface area contributed by atoms with Gasteiger partial charge in [0, 0.05) is 17.4 Å². The zero-order valence-electron chi connectivity index (χ0n) is 9.32. The molecule has 0 aliphatic heterocycles. The summed E-state index contributed by atoms with van der Waals surface area (Å²) in [6, 6.07) is 2.51. The van der Waals surface area contributed by atoms with E-state index >= 15 is 0 Å². The largest absolute Gasteiger partial charge is 0.367 e. The highest BCUT2D eigenvalue weighted by atomic mass is 79.9. The van der Waals surface area contributed by atoms with Crippen LogP contribution in [0.4, 0.5) is 5.82 Å². The van der Waals surface area contributed by atoms with Crippen LogP contribution in [0.5, 0.6) is 0 Å². The first kappa shape index (κ1) is 12.2. The zero-order valence-corrected chi connectivity index (χ0v) is 11.7. The Hall–Kier alpha value is -0.290. The molecule has 0 radical (unpaired) electrons. The summed E-state index contributed by atoms with van der Waals surface area (Å²) in [5, 5.41) is 4.33. The summed E-state index contributed by atoms with van der Waals surface area (Å²) in [5.74, 6) is 0.925. The molecule has 0 bridgehead atoms. The molecule has 0 unspecified atom stereocenters. The molecule has 1 aromatic rings. The maximum absolute atomic E-state index is 4.22. The monoisotopic (exact) mass is 301 g/mol. The lowest BCUT2D eigenvalue weighted by atomic mass is 9.95. The van der Waals surface area contributed by atoms with Crippen LogP contribution in [0.1, 0.15) is 25.7 Å². The Morgan fingerprint density at radius 1 is 1.31 bits per heavy atom. The summed E-state index contributed by atoms with van der Waals surface area (Å²) in [5.41, 5.74) is 0. The number of halogens is 1. The van der Waals surface area contributed by atoms with Crippen LogP contribution in [0.25, 0.3) is 0 Å². The molecule has 0 spiro atoms. The Labute approximate surface area is 109 Å². The standard InChI is InChI=1S/C11H16BrN3S/c1-16-9-4-2-8(3-5-9)15-11-6-10(12)13-7-14-11/h6-9H,2-5H2,1H3,(H,13,14,15). The van der Waals surface area contributed by atoms with Crippen LogP contribution in [0.2, 0.25) is 0 Å². The van der Waals surface area contributed by atoms with Crippen LogP contribution in [-0.2, 0) is 0 Å². The average molecular weight is 302 g/mol. The molecule has 1 aromatic heterocycles. The van der Waals surface area contributed by atoms with Crippen molar-refractivity contribution in [2.75, 3.05) is 11.6 Å². The number of aromatic nitrogens is 2. The minimum Gasteiger partial charge on any atom is -0.367 e. The van der Waals surface area contributed by atoms with Gasteiger partial charge >= 0.3 is 0 Å². The SMILES string of the molecule is CSC1CCC(Nc2cc(Br)ncn2)CC1. The summed E-state index contributed by atoms with van der Waals surface area (Å²) >= 11 is 5.35. The molecule has 3 nitrogen and oxygen atoms in total. The molecule has 1 aliphatic rings. The lowest BCUT2D eigenvalue weighted by Gasteiger charge is -2.28. The van der Waals surface area contributed by atoms with Gasteiger partial charge in [0.1, 0.15) is 16.7 Å². The summed E-state index contributed by atoms with van der Waals surface area (Å²) in [6.45, 7) is 0. The van der Waals surface area contributed by atoms with E-state index in [2.05, 4.69) is 37.5 Å². The number of hydrogen-bond donors (Lipinski definition) is 1. The minimum absolute atomic E-state index is 0.574. The number of rotatable bonds is 3. The molecule has 2 rings (SSSR count). The average Bonchev–Trinajstić information content (AvgIpc) is 2.30. The Balaban J connectivity index is 1.87. The highest BCUT2D eigenvalue weighted by molar-refractivity contribution is 9.10. The number of hydrogen-bond acceptors (Lipinski definition) is 4. The van der Waals surface area contributed by atoms with Gasteiger partial charge in [-0.05, 0) is 47.9 Å². The summed E-state index contributed by atoms with van der Waals surface area (Å²) in [4.78, 5) is 8.24. The second-order valence-electron chi connectivity index (χ2n) is 4.08. The van der Waals surface area contributed by atoms with Crippen molar-refractivity contribution in [1.29, 1.82) is 0 Å². The van der Waals surface area contributed by atoms with Crippen LogP contribution in [-0.4, -0.2) is 27.5 Å². The van der Waals surface area contributed by atoms with E-state index in [4.69, 9.17) is 0 Å². The molecule has 1 heterocycles. The molecular weight excluding hydrogens is 286 g/mol. The third-order valence-electron chi connectivity index (χ3n) is 2.99. The molecule has 0 amide bonds. The molecule has 88 valence electrons. The number of nitrogens with zero attached hydrogens (tertiary/aromatic N) is 2. The smallest absolute Gasteiger partial charge is 0.130 e. The Kier molecular flexibility index (Phi) is 4.46. The van der Waals surface area contributed by atoms with Gasteiger partial charge in [0.15, 0.2) is 0 Å². The predicted molar refractivity (Wildman–Crippen MR) is 72.9 cm³/mol. The maximum atomic E-state index is 4.22. The van der Waals surface area contributed by atoms with Gasteiger partial charge in [-0.1, -0.05) is 0 Å². The third kappa shape index (κ3) is 3.35. The number of anilines is 1. The van der Waals surface area contributed by atoms with Crippen molar-refractivity contribution in [2.24, 2.45) is 0 Å². The highest BCUT2D eigenvalue weighted by Gasteiger charge is 2.20. The van der Waals surface area contributed by atoms with Gasteiger partial charge in [-0.25, -0.2) is 9.97 Å². The second kappa shape index (κ2) is 5.87. The van der Waals surface area contributed by atoms with Crippen LogP contribution in [0.3, 0.4) is 0 Å². The van der Waals surface area contributed by atoms with Crippen LogP contribution < -0.4 is 5.32 Å². The quantitative estimate of drug-likeness (QED) is 0.869. The lowest BCUT2D eigenvalue weighted by molar-refractivity contribution is 0.472. The fourth-order valence-electron chi connectivity index (χ4n) is 2.06. The number of thioether (sulfide) groups is 1. The molecule has 0 atom stereocenters. The van der Waals surface area contributed by atoms with Gasteiger partial charge in [0.25, 0.3) is 0 Å². The van der Waals surface area contributed by atoms with E-state index in [1.165, 1.54) is 25.7 Å². The molecule has 16 heavy (non-hydrogen) atoms. The second-order valence-corrected chi connectivity index (χ2v) is 6.03. The molecule has 1 aliphatic carbocycles. The number of nitrogens with one attached hydrogen (secondary N) is 1. The van der Waals surface area contributed by atoms with Gasteiger partial charge < -0.3 is 5.32 Å². The highest BCUT2D eigenvalue weighted by Crippen LogP contribution is 2.28. The van der Waals surface area contributed by atoms with E-state index in [9.17, 15) is 0 Å². The first-order valence-electron chi connectivity index (χ1n) is 5.55. The first-order chi connectivity index (χ1) is 7.78. The van der Waals surface area contributed by atoms with Crippen molar-refractivity contribution in [3.8, 4) is 0 Å². The van der Waals surface area contributed by atoms with Gasteiger partial charge in [-0.2, -0.15) is 11.8 Å². The molecule has 0 aromatic carbocycles. The lowest BCUT2D eigenvalue weighted by Crippen LogP contribution is -2.27. The van der Waals surface area contributed by atoms with Gasteiger partial charge in [0.2, 0.25) is 0 Å². The van der Waals surface area contributed by atoms with E-state index in [-0.39, 0.29) is 0 Å². The molecule has 1 N–H and O–H groups in total. The van der Waals surface area contributed by atoms with Crippen molar-refractivity contribution in [3.05, 3.63) is 17.0 Å². The maximum Gasteiger partial charge on any atom is 0.130 e. The zero-order chi connectivity index (χ0) is 11.4. The van der Waals surface area contributed by atoms with Crippen molar-refractivity contribution in [1.82, 2.24) is 9.97 Å². The minimum atomic E-state index is 0.574. The Morgan fingerprint density at radius 2 is 2.06 bits per heavy atom. The van der Waals surface area contributed by atoms with Gasteiger partial charge in [0.05, 0.1) is 0 Å². The Morgan fingerprint density at radius 3 is 2.69 bits per heavy atom. The molecule has 0 saturated heterocycles. The molecule has 1 fully saturated rings. The fourth-order valence-corrected chi connectivity index (χ4v) is 3.12. The topological polar surface area (TPSA) is 37.8 Å². The van der Waals surface area contributed by atoms with E-state index in [1.54, 1.807) is 6.33 Å². The van der Waals surface area contributed by atoms with Gasteiger partial charge in [-0.15, -0.1) is 0 Å². The van der Waals surface area contributed by atoms with Crippen molar-refractivity contribution < 1.29 is 0 Å².